The van der Waals surface area contributed by atoms with Crippen LogP contribution in [-0.4, -0.2) is 48.5 Å². The van der Waals surface area contributed by atoms with Gasteiger partial charge in [0.25, 0.3) is 5.91 Å². The summed E-state index contributed by atoms with van der Waals surface area (Å²) in [5, 5.41) is 2.01. The highest BCUT2D eigenvalue weighted by atomic mass is 32.2. The molecule has 0 atom stereocenters. The number of likely N-dealkylation sites (N-methyl/N-ethyl adjacent to an activating group) is 1. The van der Waals surface area contributed by atoms with Gasteiger partial charge in [-0.25, -0.2) is 23.2 Å². The van der Waals surface area contributed by atoms with Crippen LogP contribution in [0.1, 0.15) is 5.69 Å². The Labute approximate surface area is 109 Å². The maximum absolute atomic E-state index is 11.6. The lowest BCUT2D eigenvalue weighted by Gasteiger charge is -2.00. The lowest BCUT2D eigenvalue weighted by molar-refractivity contribution is -0.121. The highest BCUT2D eigenvalue weighted by Gasteiger charge is 2.30. The van der Waals surface area contributed by atoms with Gasteiger partial charge in [-0.1, -0.05) is 0 Å². The highest BCUT2D eigenvalue weighted by Crippen LogP contribution is 2.11. The molecule has 0 aliphatic carbocycles. The summed E-state index contributed by atoms with van der Waals surface area (Å²) >= 11 is 0. The van der Waals surface area contributed by atoms with Gasteiger partial charge in [0.2, 0.25) is 15.0 Å². The van der Waals surface area contributed by atoms with E-state index in [4.69, 9.17) is 0 Å². The van der Waals surface area contributed by atoms with Gasteiger partial charge in [0, 0.05) is 19.5 Å². The fourth-order valence-corrected chi connectivity index (χ4v) is 1.91. The molecule has 1 fully saturated rings. The van der Waals surface area contributed by atoms with Crippen molar-refractivity contribution in [3.05, 3.63) is 23.7 Å². The molecule has 0 radical (unpaired) electrons. The highest BCUT2D eigenvalue weighted by molar-refractivity contribution is 7.90. The predicted molar refractivity (Wildman–Crippen MR) is 64.4 cm³/mol. The van der Waals surface area contributed by atoms with E-state index in [1.807, 2.05) is 0 Å². The molecular weight excluding hydrogens is 272 g/mol. The summed E-state index contributed by atoms with van der Waals surface area (Å²) in [5.74, 6) is -0.510. The Morgan fingerprint density at radius 3 is 2.58 bits per heavy atom. The molecule has 0 unspecified atom stereocenters. The van der Waals surface area contributed by atoms with Crippen LogP contribution in [0.15, 0.2) is 23.1 Å². The molecule has 2 heterocycles. The molecule has 1 saturated heterocycles. The van der Waals surface area contributed by atoms with Crippen molar-refractivity contribution in [3.63, 3.8) is 0 Å². The molecule has 1 aliphatic rings. The van der Waals surface area contributed by atoms with Crippen LogP contribution < -0.4 is 5.32 Å². The van der Waals surface area contributed by atoms with Crippen molar-refractivity contribution in [1.29, 1.82) is 0 Å². The van der Waals surface area contributed by atoms with Crippen LogP contribution >= 0.6 is 0 Å². The zero-order chi connectivity index (χ0) is 14.2. The number of rotatable bonds is 2. The molecule has 0 aromatic carbocycles. The number of sulfone groups is 1. The molecule has 1 aromatic rings. The molecule has 100 valence electrons. The van der Waals surface area contributed by atoms with Gasteiger partial charge in [-0.15, -0.1) is 0 Å². The minimum absolute atomic E-state index is 0.0330. The number of hydrogen-bond acceptors (Lipinski definition) is 6. The number of nitrogens with zero attached hydrogens (tertiary/aromatic N) is 3. The molecule has 19 heavy (non-hydrogen) atoms. The van der Waals surface area contributed by atoms with E-state index in [1.54, 1.807) is 0 Å². The van der Waals surface area contributed by atoms with Crippen LogP contribution in [0.5, 0.6) is 0 Å². The van der Waals surface area contributed by atoms with Crippen LogP contribution in [0.2, 0.25) is 0 Å². The second kappa shape index (κ2) is 4.43. The van der Waals surface area contributed by atoms with E-state index in [1.165, 1.54) is 25.4 Å². The average molecular weight is 282 g/mol. The van der Waals surface area contributed by atoms with Crippen molar-refractivity contribution in [3.8, 4) is 0 Å². The second-order valence-corrected chi connectivity index (χ2v) is 5.80. The minimum Gasteiger partial charge on any atom is -0.303 e. The van der Waals surface area contributed by atoms with E-state index in [9.17, 15) is 18.0 Å². The molecule has 8 nitrogen and oxygen atoms in total. The van der Waals surface area contributed by atoms with Gasteiger partial charge >= 0.3 is 6.03 Å². The van der Waals surface area contributed by atoms with E-state index < -0.39 is 21.8 Å². The summed E-state index contributed by atoms with van der Waals surface area (Å²) < 4.78 is 22.6. The van der Waals surface area contributed by atoms with Crippen LogP contribution in [0.25, 0.3) is 6.08 Å². The van der Waals surface area contributed by atoms with Crippen molar-refractivity contribution in [2.24, 2.45) is 0 Å². The van der Waals surface area contributed by atoms with Crippen molar-refractivity contribution in [2.45, 2.75) is 5.16 Å². The van der Waals surface area contributed by atoms with Gasteiger partial charge < -0.3 is 5.32 Å². The number of carbonyl (C=O) groups is 2. The van der Waals surface area contributed by atoms with Crippen LogP contribution in [0, 0.1) is 0 Å². The molecule has 0 saturated carbocycles. The van der Waals surface area contributed by atoms with E-state index in [-0.39, 0.29) is 16.5 Å². The first-order valence-electron chi connectivity index (χ1n) is 5.13. The standard InChI is InChI=1S/C10H10N4O4S/c1-14-8(15)7(13-10(14)16)5-6-3-4-11-9(12-6)19(2,17)18/h3-5H,1-2H3,(H,13,16). The SMILES string of the molecule is CN1C(=O)NC(=Cc2ccnc(S(C)(=O)=O)n2)C1=O. The number of amides is 3. The van der Waals surface area contributed by atoms with E-state index in [0.29, 0.717) is 0 Å². The number of urea groups is 1. The summed E-state index contributed by atoms with van der Waals surface area (Å²) in [4.78, 5) is 31.2. The first kappa shape index (κ1) is 13.1. The molecular formula is C10H10N4O4S. The number of nitrogens with one attached hydrogen (secondary N) is 1. The lowest BCUT2D eigenvalue weighted by Crippen LogP contribution is -2.25. The zero-order valence-electron chi connectivity index (χ0n) is 10.1. The van der Waals surface area contributed by atoms with Crippen molar-refractivity contribution in [1.82, 2.24) is 20.2 Å². The Bertz CT molecular complexity index is 695. The predicted octanol–water partition coefficient (Wildman–Crippen LogP) is -0.597. The summed E-state index contributed by atoms with van der Waals surface area (Å²) in [5.41, 5.74) is 0.250. The molecule has 1 aromatic heterocycles. The van der Waals surface area contributed by atoms with Gasteiger partial charge in [0.05, 0.1) is 5.69 Å². The molecule has 3 amide bonds. The summed E-state index contributed by atoms with van der Waals surface area (Å²) in [6.07, 6.45) is 3.54. The third kappa shape index (κ3) is 2.60. The molecule has 2 rings (SSSR count). The molecule has 0 bridgehead atoms. The normalized spacial score (nSPS) is 18.0. The van der Waals surface area contributed by atoms with Crippen LogP contribution in [-0.2, 0) is 14.6 Å². The topological polar surface area (TPSA) is 109 Å². The molecule has 0 spiro atoms. The smallest absolute Gasteiger partial charge is 0.303 e. The van der Waals surface area contributed by atoms with Crippen LogP contribution in [0.4, 0.5) is 4.79 Å². The number of imide groups is 1. The quantitative estimate of drug-likeness (QED) is 0.441. The first-order chi connectivity index (χ1) is 8.79. The maximum Gasteiger partial charge on any atom is 0.328 e. The fourth-order valence-electron chi connectivity index (χ4n) is 1.38. The summed E-state index contributed by atoms with van der Waals surface area (Å²) in [6, 6.07) is 0.882. The molecule has 9 heteroatoms. The van der Waals surface area contributed by atoms with Gasteiger partial charge in [0.15, 0.2) is 0 Å². The van der Waals surface area contributed by atoms with E-state index in [0.717, 1.165) is 11.2 Å². The Morgan fingerprint density at radius 2 is 2.05 bits per heavy atom. The van der Waals surface area contributed by atoms with Gasteiger partial charge in [-0.3, -0.25) is 9.69 Å². The monoisotopic (exact) mass is 282 g/mol. The maximum atomic E-state index is 11.6. The fraction of sp³-hybridized carbons (Fsp3) is 0.200. The number of carbonyl (C=O) groups excluding carboxylic acids is 2. The minimum atomic E-state index is -3.53. The Balaban J connectivity index is 2.40. The first-order valence-corrected chi connectivity index (χ1v) is 7.02. The van der Waals surface area contributed by atoms with E-state index in [2.05, 4.69) is 15.3 Å². The van der Waals surface area contributed by atoms with Gasteiger partial charge in [-0.05, 0) is 12.1 Å². The second-order valence-electron chi connectivity index (χ2n) is 3.89. The average Bonchev–Trinajstić information content (AvgIpc) is 2.56. The number of hydrogen-bond donors (Lipinski definition) is 1. The van der Waals surface area contributed by atoms with Gasteiger partial charge in [0.1, 0.15) is 5.70 Å². The van der Waals surface area contributed by atoms with E-state index >= 15 is 0 Å². The summed E-state index contributed by atoms with van der Waals surface area (Å²) in [7, 11) is -2.19. The van der Waals surface area contributed by atoms with Crippen molar-refractivity contribution < 1.29 is 18.0 Å². The molecule has 1 N–H and O–H groups in total. The molecule has 1 aliphatic heterocycles. The number of aromatic nitrogens is 2. The van der Waals surface area contributed by atoms with Crippen molar-refractivity contribution in [2.75, 3.05) is 13.3 Å². The van der Waals surface area contributed by atoms with Crippen LogP contribution in [0.3, 0.4) is 0 Å². The lowest BCUT2D eigenvalue weighted by atomic mass is 10.3. The Kier molecular flexibility index (Phi) is 3.06. The van der Waals surface area contributed by atoms with Gasteiger partial charge in [-0.2, -0.15) is 0 Å². The Hall–Kier alpha value is -2.29. The third-order valence-electron chi connectivity index (χ3n) is 2.36. The Morgan fingerprint density at radius 1 is 1.37 bits per heavy atom. The third-order valence-corrected chi connectivity index (χ3v) is 3.22. The largest absolute Gasteiger partial charge is 0.328 e. The zero-order valence-corrected chi connectivity index (χ0v) is 10.9. The van der Waals surface area contributed by atoms with Crippen molar-refractivity contribution >= 4 is 27.9 Å². The summed E-state index contributed by atoms with van der Waals surface area (Å²) in [6.45, 7) is 0.